The topological polar surface area (TPSA) is 0 Å². The van der Waals surface area contributed by atoms with Crippen LogP contribution in [0.4, 0.5) is 13.2 Å². The van der Waals surface area contributed by atoms with Crippen LogP contribution >= 0.6 is 0 Å². The zero-order valence-electron chi connectivity index (χ0n) is 7.25. The second-order valence-corrected chi connectivity index (χ2v) is 3.20. The summed E-state index contributed by atoms with van der Waals surface area (Å²) in [5.41, 5.74) is 0.986. The van der Waals surface area contributed by atoms with E-state index in [9.17, 15) is 13.2 Å². The van der Waals surface area contributed by atoms with Gasteiger partial charge in [-0.15, -0.1) is 0 Å². The molecule has 0 fully saturated rings. The molecule has 0 spiro atoms. The standard InChI is InChI=1S/C11H8F3/c12-11(13,14)10-7-3-5-8-4-1-2-6-9(8)10/h1-7,10H. The first-order chi connectivity index (χ1) is 6.59. The van der Waals surface area contributed by atoms with E-state index in [1.165, 1.54) is 18.2 Å². The third-order valence-electron chi connectivity index (χ3n) is 2.26. The third-order valence-corrected chi connectivity index (χ3v) is 2.26. The Kier molecular flexibility index (Phi) is 2.10. The van der Waals surface area contributed by atoms with Crippen LogP contribution in [0.1, 0.15) is 17.0 Å². The van der Waals surface area contributed by atoms with Gasteiger partial charge in [0.15, 0.2) is 0 Å². The Hall–Kier alpha value is -1.25. The van der Waals surface area contributed by atoms with Gasteiger partial charge in [0, 0.05) is 6.42 Å². The summed E-state index contributed by atoms with van der Waals surface area (Å²) in [6.45, 7) is 0. The lowest BCUT2D eigenvalue weighted by Gasteiger charge is -2.22. The smallest absolute Gasteiger partial charge is 0.170 e. The van der Waals surface area contributed by atoms with Crippen LogP contribution in [0.15, 0.2) is 36.4 Å². The predicted molar refractivity (Wildman–Crippen MR) is 47.8 cm³/mol. The minimum absolute atomic E-state index is 0.336. The van der Waals surface area contributed by atoms with E-state index in [1.54, 1.807) is 24.6 Å². The normalized spacial score (nSPS) is 20.6. The van der Waals surface area contributed by atoms with Crippen molar-refractivity contribution in [3.8, 4) is 0 Å². The van der Waals surface area contributed by atoms with Gasteiger partial charge in [-0.25, -0.2) is 0 Å². The minimum atomic E-state index is -4.19. The second-order valence-electron chi connectivity index (χ2n) is 3.20. The fourth-order valence-electron chi connectivity index (χ4n) is 1.61. The number of rotatable bonds is 0. The monoisotopic (exact) mass is 197 g/mol. The van der Waals surface area contributed by atoms with Crippen LogP contribution in [-0.2, 0) is 0 Å². The number of hydrogen-bond donors (Lipinski definition) is 0. The summed E-state index contributed by atoms with van der Waals surface area (Å²) in [6, 6.07) is 6.58. The molecule has 1 aromatic rings. The molecule has 0 nitrogen and oxygen atoms in total. The van der Waals surface area contributed by atoms with Crippen LogP contribution < -0.4 is 0 Å². The van der Waals surface area contributed by atoms with Gasteiger partial charge >= 0.3 is 6.18 Å². The molecule has 0 saturated heterocycles. The second kappa shape index (κ2) is 3.15. The summed E-state index contributed by atoms with van der Waals surface area (Å²) in [6.07, 6.45) is 0.140. The summed E-state index contributed by atoms with van der Waals surface area (Å²) < 4.78 is 37.7. The van der Waals surface area contributed by atoms with E-state index in [2.05, 4.69) is 0 Å². The predicted octanol–water partition coefficient (Wildman–Crippen LogP) is 3.45. The highest BCUT2D eigenvalue weighted by atomic mass is 19.4. The van der Waals surface area contributed by atoms with Crippen LogP contribution in [0, 0.1) is 6.42 Å². The lowest BCUT2D eigenvalue weighted by atomic mass is 9.87. The molecule has 1 aliphatic carbocycles. The van der Waals surface area contributed by atoms with Crippen molar-refractivity contribution in [3.63, 3.8) is 0 Å². The lowest BCUT2D eigenvalue weighted by molar-refractivity contribution is -0.139. The van der Waals surface area contributed by atoms with Gasteiger partial charge in [-0.3, -0.25) is 0 Å². The van der Waals surface area contributed by atoms with Crippen molar-refractivity contribution < 1.29 is 13.2 Å². The Labute approximate surface area is 80.1 Å². The van der Waals surface area contributed by atoms with Crippen molar-refractivity contribution in [2.45, 2.75) is 12.1 Å². The van der Waals surface area contributed by atoms with Crippen LogP contribution in [0.3, 0.4) is 0 Å². The molecular weight excluding hydrogens is 189 g/mol. The molecule has 1 unspecified atom stereocenters. The van der Waals surface area contributed by atoms with Crippen LogP contribution in [0.5, 0.6) is 0 Å². The fourth-order valence-corrected chi connectivity index (χ4v) is 1.61. The summed E-state index contributed by atoms with van der Waals surface area (Å²) in [7, 11) is 0. The van der Waals surface area contributed by atoms with Crippen molar-refractivity contribution >= 4 is 0 Å². The molecule has 0 bridgehead atoms. The van der Waals surface area contributed by atoms with Crippen LogP contribution in [0.2, 0.25) is 0 Å². The summed E-state index contributed by atoms with van der Waals surface area (Å²) in [5.74, 6) is -1.45. The average molecular weight is 197 g/mol. The highest BCUT2D eigenvalue weighted by Crippen LogP contribution is 2.39. The Morgan fingerprint density at radius 2 is 1.79 bits per heavy atom. The summed E-state index contributed by atoms with van der Waals surface area (Å²) in [5, 5.41) is 0. The number of alkyl halides is 3. The summed E-state index contributed by atoms with van der Waals surface area (Å²) in [4.78, 5) is 0. The maximum atomic E-state index is 12.6. The van der Waals surface area contributed by atoms with Crippen LogP contribution in [-0.4, -0.2) is 6.18 Å². The van der Waals surface area contributed by atoms with Crippen molar-refractivity contribution in [3.05, 3.63) is 54.0 Å². The van der Waals surface area contributed by atoms with Gasteiger partial charge in [-0.05, 0) is 11.1 Å². The molecular formula is C11H8F3. The van der Waals surface area contributed by atoms with Gasteiger partial charge < -0.3 is 0 Å². The molecule has 0 heterocycles. The molecule has 0 aromatic heterocycles. The van der Waals surface area contributed by atoms with Gasteiger partial charge in [0.1, 0.15) is 0 Å². The van der Waals surface area contributed by atoms with E-state index < -0.39 is 12.1 Å². The highest BCUT2D eigenvalue weighted by molar-refractivity contribution is 5.45. The maximum Gasteiger partial charge on any atom is 0.399 e. The largest absolute Gasteiger partial charge is 0.399 e. The molecule has 1 atom stereocenters. The van der Waals surface area contributed by atoms with E-state index >= 15 is 0 Å². The molecule has 0 amide bonds. The Morgan fingerprint density at radius 1 is 1.07 bits per heavy atom. The first-order valence-corrected chi connectivity index (χ1v) is 4.26. The maximum absolute atomic E-state index is 12.6. The number of halogens is 3. The Morgan fingerprint density at radius 3 is 2.50 bits per heavy atom. The minimum Gasteiger partial charge on any atom is -0.170 e. The van der Waals surface area contributed by atoms with Gasteiger partial charge in [0.25, 0.3) is 0 Å². The van der Waals surface area contributed by atoms with Crippen molar-refractivity contribution in [1.82, 2.24) is 0 Å². The average Bonchev–Trinajstić information content (AvgIpc) is 2.15. The van der Waals surface area contributed by atoms with E-state index in [4.69, 9.17) is 0 Å². The quantitative estimate of drug-likeness (QED) is 0.597. The third kappa shape index (κ3) is 1.54. The molecule has 2 rings (SSSR count). The van der Waals surface area contributed by atoms with E-state index in [1.807, 2.05) is 0 Å². The fraction of sp³-hybridized carbons (Fsp3) is 0.182. The number of benzene rings is 1. The SMILES string of the molecule is FC(F)(F)C1C=C[CH]c2ccccc21. The molecule has 1 radical (unpaired) electrons. The Bertz CT molecular complexity index is 363. The first-order valence-electron chi connectivity index (χ1n) is 4.26. The molecule has 1 aliphatic rings. The molecule has 14 heavy (non-hydrogen) atoms. The van der Waals surface area contributed by atoms with E-state index in [0.29, 0.717) is 11.1 Å². The lowest BCUT2D eigenvalue weighted by Crippen LogP contribution is -2.21. The van der Waals surface area contributed by atoms with Crippen molar-refractivity contribution in [1.29, 1.82) is 0 Å². The molecule has 73 valence electrons. The molecule has 0 saturated carbocycles. The summed E-state index contributed by atoms with van der Waals surface area (Å²) >= 11 is 0. The number of hydrogen-bond acceptors (Lipinski definition) is 0. The molecule has 3 heteroatoms. The molecule has 0 N–H and O–H groups in total. The van der Waals surface area contributed by atoms with Crippen LogP contribution in [0.25, 0.3) is 0 Å². The van der Waals surface area contributed by atoms with Crippen molar-refractivity contribution in [2.75, 3.05) is 0 Å². The molecule has 1 aromatic carbocycles. The van der Waals surface area contributed by atoms with E-state index in [-0.39, 0.29) is 0 Å². The van der Waals surface area contributed by atoms with Crippen molar-refractivity contribution in [2.24, 2.45) is 0 Å². The first kappa shape index (κ1) is 9.31. The van der Waals surface area contributed by atoms with Gasteiger partial charge in [0.05, 0.1) is 5.92 Å². The molecule has 0 aliphatic heterocycles. The van der Waals surface area contributed by atoms with E-state index in [0.717, 1.165) is 0 Å². The number of allylic oxidation sites excluding steroid dienone is 2. The Balaban J connectivity index is 2.46. The zero-order chi connectivity index (χ0) is 10.2. The van der Waals surface area contributed by atoms with Gasteiger partial charge in [0.2, 0.25) is 0 Å². The highest BCUT2D eigenvalue weighted by Gasteiger charge is 2.40. The zero-order valence-corrected chi connectivity index (χ0v) is 7.25. The number of fused-ring (bicyclic) bond motifs is 1. The van der Waals surface area contributed by atoms with Gasteiger partial charge in [-0.2, -0.15) is 13.2 Å². The van der Waals surface area contributed by atoms with Gasteiger partial charge in [-0.1, -0.05) is 36.4 Å².